The van der Waals surface area contributed by atoms with Crippen LogP contribution in [-0.4, -0.2) is 15.0 Å². The number of pyridine rings is 1. The van der Waals surface area contributed by atoms with Crippen molar-refractivity contribution in [3.63, 3.8) is 0 Å². The van der Waals surface area contributed by atoms with Crippen LogP contribution in [0, 0.1) is 24.2 Å². The topological polar surface area (TPSA) is 114 Å². The van der Waals surface area contributed by atoms with E-state index in [9.17, 15) is 9.65 Å². The van der Waals surface area contributed by atoms with Crippen LogP contribution in [0.5, 0.6) is 0 Å². The van der Waals surface area contributed by atoms with Crippen molar-refractivity contribution in [1.29, 1.82) is 5.26 Å². The number of anilines is 2. The standard InChI is InChI=1S/C17H13FN6/c1-9-4-11(10-2-3-14(18)22-8-10)6-12(5-9)15-13(7-19)16(20)24-17(21)23-15/h2-6,8H,1H3,(H4,20,21,23,24). The maximum absolute atomic E-state index is 13.0. The summed E-state index contributed by atoms with van der Waals surface area (Å²) < 4.78 is 13.0. The second-order valence-corrected chi connectivity index (χ2v) is 5.26. The van der Waals surface area contributed by atoms with Gasteiger partial charge in [0.15, 0.2) is 0 Å². The van der Waals surface area contributed by atoms with Gasteiger partial charge in [-0.15, -0.1) is 0 Å². The number of hydrogen-bond donors (Lipinski definition) is 2. The number of nitrogens with zero attached hydrogens (tertiary/aromatic N) is 4. The summed E-state index contributed by atoms with van der Waals surface area (Å²) in [5.74, 6) is -0.519. The Bertz CT molecular complexity index is 960. The van der Waals surface area contributed by atoms with E-state index in [4.69, 9.17) is 11.5 Å². The highest BCUT2D eigenvalue weighted by molar-refractivity contribution is 5.78. The molecule has 3 rings (SSSR count). The fourth-order valence-corrected chi connectivity index (χ4v) is 2.45. The molecule has 118 valence electrons. The van der Waals surface area contributed by atoms with Gasteiger partial charge in [-0.1, -0.05) is 6.07 Å². The van der Waals surface area contributed by atoms with Crippen molar-refractivity contribution < 1.29 is 4.39 Å². The zero-order valence-corrected chi connectivity index (χ0v) is 12.8. The summed E-state index contributed by atoms with van der Waals surface area (Å²) in [6.07, 6.45) is 1.45. The van der Waals surface area contributed by atoms with E-state index in [2.05, 4.69) is 15.0 Å². The Morgan fingerprint density at radius 2 is 1.79 bits per heavy atom. The molecule has 0 radical (unpaired) electrons. The van der Waals surface area contributed by atoms with E-state index < -0.39 is 5.95 Å². The number of hydrogen-bond acceptors (Lipinski definition) is 6. The average molecular weight is 320 g/mol. The zero-order valence-electron chi connectivity index (χ0n) is 12.8. The highest BCUT2D eigenvalue weighted by atomic mass is 19.1. The van der Waals surface area contributed by atoms with Crippen LogP contribution < -0.4 is 11.5 Å². The zero-order chi connectivity index (χ0) is 17.3. The number of benzene rings is 1. The lowest BCUT2D eigenvalue weighted by atomic mass is 9.98. The molecule has 6 nitrogen and oxygen atoms in total. The summed E-state index contributed by atoms with van der Waals surface area (Å²) in [5, 5.41) is 9.34. The van der Waals surface area contributed by atoms with Gasteiger partial charge in [-0.2, -0.15) is 14.6 Å². The molecule has 0 atom stereocenters. The minimum Gasteiger partial charge on any atom is -0.382 e. The van der Waals surface area contributed by atoms with E-state index in [0.717, 1.165) is 16.7 Å². The first-order valence-electron chi connectivity index (χ1n) is 7.05. The van der Waals surface area contributed by atoms with Gasteiger partial charge in [-0.25, -0.2) is 9.97 Å². The summed E-state index contributed by atoms with van der Waals surface area (Å²) in [5.41, 5.74) is 15.1. The molecule has 2 aromatic heterocycles. The Morgan fingerprint density at radius 3 is 2.46 bits per heavy atom. The van der Waals surface area contributed by atoms with Crippen molar-refractivity contribution in [1.82, 2.24) is 15.0 Å². The first-order chi connectivity index (χ1) is 11.5. The van der Waals surface area contributed by atoms with E-state index in [0.29, 0.717) is 11.3 Å². The van der Waals surface area contributed by atoms with Gasteiger partial charge in [0.1, 0.15) is 17.5 Å². The molecule has 0 unspecified atom stereocenters. The summed E-state index contributed by atoms with van der Waals surface area (Å²) >= 11 is 0. The predicted octanol–water partition coefficient (Wildman–Crippen LogP) is 2.69. The molecule has 0 amide bonds. The summed E-state index contributed by atoms with van der Waals surface area (Å²) in [7, 11) is 0. The summed E-state index contributed by atoms with van der Waals surface area (Å²) in [6.45, 7) is 1.91. The van der Waals surface area contributed by atoms with Gasteiger partial charge in [0, 0.05) is 17.3 Å². The molecule has 0 aliphatic carbocycles. The van der Waals surface area contributed by atoms with E-state index in [1.54, 1.807) is 6.07 Å². The van der Waals surface area contributed by atoms with E-state index in [1.807, 2.05) is 31.2 Å². The van der Waals surface area contributed by atoms with Gasteiger partial charge >= 0.3 is 0 Å². The summed E-state index contributed by atoms with van der Waals surface area (Å²) in [6, 6.07) is 10.5. The van der Waals surface area contributed by atoms with Crippen LogP contribution in [0.25, 0.3) is 22.4 Å². The molecule has 0 saturated carbocycles. The second-order valence-electron chi connectivity index (χ2n) is 5.26. The minimum absolute atomic E-state index is 0.00648. The molecule has 7 heteroatoms. The van der Waals surface area contributed by atoms with Crippen LogP contribution in [0.1, 0.15) is 11.1 Å². The predicted molar refractivity (Wildman–Crippen MR) is 88.9 cm³/mol. The Hall–Kier alpha value is -3.53. The molecule has 0 aliphatic rings. The van der Waals surface area contributed by atoms with Crippen molar-refractivity contribution in [2.24, 2.45) is 0 Å². The smallest absolute Gasteiger partial charge is 0.222 e. The van der Waals surface area contributed by atoms with Crippen LogP contribution in [0.4, 0.5) is 16.2 Å². The van der Waals surface area contributed by atoms with E-state index in [1.165, 1.54) is 12.3 Å². The van der Waals surface area contributed by atoms with Gasteiger partial charge in [0.2, 0.25) is 11.9 Å². The Kier molecular flexibility index (Phi) is 3.80. The van der Waals surface area contributed by atoms with Crippen molar-refractivity contribution in [3.8, 4) is 28.5 Å². The average Bonchev–Trinajstić information content (AvgIpc) is 2.54. The lowest BCUT2D eigenvalue weighted by Crippen LogP contribution is -2.05. The lowest BCUT2D eigenvalue weighted by molar-refractivity contribution is 0.584. The van der Waals surface area contributed by atoms with Crippen molar-refractivity contribution in [3.05, 3.63) is 53.6 Å². The van der Waals surface area contributed by atoms with Crippen molar-refractivity contribution in [2.75, 3.05) is 11.5 Å². The third kappa shape index (κ3) is 2.85. The SMILES string of the molecule is Cc1cc(-c2ccc(F)nc2)cc(-c2nc(N)nc(N)c2C#N)c1. The van der Waals surface area contributed by atoms with Crippen LogP contribution in [0.2, 0.25) is 0 Å². The number of nitrogens with two attached hydrogens (primary N) is 2. The molecule has 4 N–H and O–H groups in total. The lowest BCUT2D eigenvalue weighted by Gasteiger charge is -2.10. The van der Waals surface area contributed by atoms with Crippen LogP contribution in [0.15, 0.2) is 36.5 Å². The third-order valence-corrected chi connectivity index (χ3v) is 3.48. The molecule has 0 fully saturated rings. The van der Waals surface area contributed by atoms with E-state index >= 15 is 0 Å². The molecule has 3 aromatic rings. The van der Waals surface area contributed by atoms with Gasteiger partial charge in [-0.3, -0.25) is 0 Å². The van der Waals surface area contributed by atoms with Crippen LogP contribution >= 0.6 is 0 Å². The van der Waals surface area contributed by atoms with Crippen LogP contribution in [0.3, 0.4) is 0 Å². The largest absolute Gasteiger partial charge is 0.382 e. The number of aromatic nitrogens is 3. The van der Waals surface area contributed by atoms with Crippen molar-refractivity contribution in [2.45, 2.75) is 6.92 Å². The highest BCUT2D eigenvalue weighted by Gasteiger charge is 2.14. The molecule has 0 bridgehead atoms. The molecular formula is C17H13FN6. The molecule has 0 aliphatic heterocycles. The number of rotatable bonds is 2. The summed E-state index contributed by atoms with van der Waals surface area (Å²) in [4.78, 5) is 11.6. The monoisotopic (exact) mass is 320 g/mol. The first kappa shape index (κ1) is 15.4. The van der Waals surface area contributed by atoms with Gasteiger partial charge in [-0.05, 0) is 42.3 Å². The molecule has 2 heterocycles. The Morgan fingerprint density at radius 1 is 1.04 bits per heavy atom. The Balaban J connectivity index is 2.21. The van der Waals surface area contributed by atoms with Gasteiger partial charge < -0.3 is 11.5 Å². The normalized spacial score (nSPS) is 10.4. The third-order valence-electron chi connectivity index (χ3n) is 3.48. The number of nitriles is 1. The highest BCUT2D eigenvalue weighted by Crippen LogP contribution is 2.30. The molecular weight excluding hydrogens is 307 g/mol. The molecule has 24 heavy (non-hydrogen) atoms. The number of halogens is 1. The molecule has 1 aromatic carbocycles. The fraction of sp³-hybridized carbons (Fsp3) is 0.0588. The second kappa shape index (κ2) is 5.93. The van der Waals surface area contributed by atoms with Crippen LogP contribution in [-0.2, 0) is 0 Å². The van der Waals surface area contributed by atoms with Gasteiger partial charge in [0.05, 0.1) is 5.69 Å². The molecule has 0 spiro atoms. The Labute approximate surface area is 137 Å². The minimum atomic E-state index is -0.547. The quantitative estimate of drug-likeness (QED) is 0.702. The van der Waals surface area contributed by atoms with E-state index in [-0.39, 0.29) is 17.3 Å². The molecule has 0 saturated heterocycles. The maximum Gasteiger partial charge on any atom is 0.222 e. The number of nitrogen functional groups attached to an aromatic ring is 2. The van der Waals surface area contributed by atoms with Crippen molar-refractivity contribution >= 4 is 11.8 Å². The fourth-order valence-electron chi connectivity index (χ4n) is 2.45. The van der Waals surface area contributed by atoms with Gasteiger partial charge in [0.25, 0.3) is 0 Å². The number of aryl methyl sites for hydroxylation is 1. The maximum atomic E-state index is 13.0. The first-order valence-corrected chi connectivity index (χ1v) is 7.05.